The molecule has 0 aliphatic carbocycles. The van der Waals surface area contributed by atoms with E-state index in [0.29, 0.717) is 0 Å². The van der Waals surface area contributed by atoms with Gasteiger partial charge in [0.15, 0.2) is 0 Å². The van der Waals surface area contributed by atoms with Crippen molar-refractivity contribution in [1.29, 1.82) is 0 Å². The molecule has 2 saturated heterocycles. The molecule has 0 bridgehead atoms. The molecular formula is C13H19N3. The zero-order valence-corrected chi connectivity index (χ0v) is 9.73. The Morgan fingerprint density at radius 2 is 1.81 bits per heavy atom. The summed E-state index contributed by atoms with van der Waals surface area (Å²) in [5.74, 6) is 1.17. The van der Waals surface area contributed by atoms with Gasteiger partial charge in [-0.2, -0.15) is 0 Å². The summed E-state index contributed by atoms with van der Waals surface area (Å²) in [6.07, 6.45) is 4.02. The minimum atomic E-state index is 1.03. The van der Waals surface area contributed by atoms with E-state index in [-0.39, 0.29) is 0 Å². The number of nitrogens with zero attached hydrogens (tertiary/aromatic N) is 3. The van der Waals surface area contributed by atoms with Crippen LogP contribution in [0.1, 0.15) is 25.0 Å². The first-order valence-electron chi connectivity index (χ1n) is 6.35. The highest BCUT2D eigenvalue weighted by molar-refractivity contribution is 5.41. The summed E-state index contributed by atoms with van der Waals surface area (Å²) in [5, 5.41) is 0. The van der Waals surface area contributed by atoms with E-state index >= 15 is 0 Å². The van der Waals surface area contributed by atoms with E-state index in [9.17, 15) is 0 Å². The number of likely N-dealkylation sites (tertiary alicyclic amines) is 1. The van der Waals surface area contributed by atoms with Crippen LogP contribution in [0.25, 0.3) is 0 Å². The predicted octanol–water partition coefficient (Wildman–Crippen LogP) is 1.89. The molecule has 2 aliphatic rings. The summed E-state index contributed by atoms with van der Waals surface area (Å²) in [7, 11) is 0. The van der Waals surface area contributed by atoms with Crippen molar-refractivity contribution in [3.8, 4) is 0 Å². The molecule has 1 aromatic heterocycles. The summed E-state index contributed by atoms with van der Waals surface area (Å²) in [5.41, 5.74) is 1.23. The number of hydrogen-bond donors (Lipinski definition) is 0. The topological polar surface area (TPSA) is 19.4 Å². The van der Waals surface area contributed by atoms with Crippen LogP contribution in [0.15, 0.2) is 18.2 Å². The summed E-state index contributed by atoms with van der Waals surface area (Å²) < 4.78 is 0. The van der Waals surface area contributed by atoms with E-state index in [4.69, 9.17) is 4.98 Å². The van der Waals surface area contributed by atoms with E-state index in [1.165, 1.54) is 57.0 Å². The van der Waals surface area contributed by atoms with Crippen LogP contribution in [0.5, 0.6) is 0 Å². The Labute approximate surface area is 97.1 Å². The first kappa shape index (κ1) is 10.1. The van der Waals surface area contributed by atoms with Crippen molar-refractivity contribution in [1.82, 2.24) is 9.88 Å². The minimum Gasteiger partial charge on any atom is -0.356 e. The maximum atomic E-state index is 4.74. The molecule has 86 valence electrons. The average Bonchev–Trinajstić information content (AvgIpc) is 2.68. The number of hydrogen-bond acceptors (Lipinski definition) is 3. The fourth-order valence-electron chi connectivity index (χ4n) is 2.45. The molecule has 0 radical (unpaired) electrons. The Morgan fingerprint density at radius 1 is 1.00 bits per heavy atom. The van der Waals surface area contributed by atoms with Crippen molar-refractivity contribution in [2.45, 2.75) is 25.8 Å². The van der Waals surface area contributed by atoms with Crippen LogP contribution in [0, 0.1) is 0 Å². The summed E-state index contributed by atoms with van der Waals surface area (Å²) >= 11 is 0. The maximum absolute atomic E-state index is 4.74. The van der Waals surface area contributed by atoms with Gasteiger partial charge in [-0.1, -0.05) is 6.07 Å². The standard InChI is InChI=1S/C13H19N3/c1-2-8-15(7-1)11-12-5-3-6-13(14-12)16-9-4-10-16/h3,5-6H,1-2,4,7-11H2. The van der Waals surface area contributed by atoms with Crippen LogP contribution in [0.4, 0.5) is 5.82 Å². The molecule has 0 amide bonds. The third kappa shape index (κ3) is 2.05. The molecule has 0 N–H and O–H groups in total. The van der Waals surface area contributed by atoms with E-state index in [1.54, 1.807) is 0 Å². The van der Waals surface area contributed by atoms with Gasteiger partial charge in [0.25, 0.3) is 0 Å². The van der Waals surface area contributed by atoms with E-state index in [2.05, 4.69) is 28.0 Å². The van der Waals surface area contributed by atoms with Gasteiger partial charge in [0, 0.05) is 19.6 Å². The maximum Gasteiger partial charge on any atom is 0.128 e. The van der Waals surface area contributed by atoms with Gasteiger partial charge in [-0.15, -0.1) is 0 Å². The smallest absolute Gasteiger partial charge is 0.128 e. The molecule has 2 aliphatic heterocycles. The highest BCUT2D eigenvalue weighted by atomic mass is 15.2. The Kier molecular flexibility index (Phi) is 2.79. The molecule has 0 saturated carbocycles. The predicted molar refractivity (Wildman–Crippen MR) is 65.6 cm³/mol. The molecule has 3 rings (SSSR count). The van der Waals surface area contributed by atoms with Crippen LogP contribution >= 0.6 is 0 Å². The van der Waals surface area contributed by atoms with E-state index in [0.717, 1.165) is 6.54 Å². The lowest BCUT2D eigenvalue weighted by Gasteiger charge is -2.32. The first-order valence-corrected chi connectivity index (χ1v) is 6.35. The quantitative estimate of drug-likeness (QED) is 0.770. The lowest BCUT2D eigenvalue weighted by Crippen LogP contribution is -2.37. The summed E-state index contributed by atoms with van der Waals surface area (Å²) in [6, 6.07) is 6.43. The summed E-state index contributed by atoms with van der Waals surface area (Å²) in [6.45, 7) is 5.88. The van der Waals surface area contributed by atoms with Gasteiger partial charge in [0.2, 0.25) is 0 Å². The molecule has 16 heavy (non-hydrogen) atoms. The Hall–Kier alpha value is -1.09. The average molecular weight is 217 g/mol. The second-order valence-corrected chi connectivity index (χ2v) is 4.81. The molecular weight excluding hydrogens is 198 g/mol. The molecule has 0 spiro atoms. The zero-order chi connectivity index (χ0) is 10.8. The molecule has 0 atom stereocenters. The fraction of sp³-hybridized carbons (Fsp3) is 0.615. The summed E-state index contributed by atoms with van der Waals surface area (Å²) in [4.78, 5) is 9.60. The monoisotopic (exact) mass is 217 g/mol. The molecule has 1 aromatic rings. The largest absolute Gasteiger partial charge is 0.356 e. The number of rotatable bonds is 3. The highest BCUT2D eigenvalue weighted by Crippen LogP contribution is 2.19. The van der Waals surface area contributed by atoms with Crippen molar-refractivity contribution in [3.05, 3.63) is 23.9 Å². The lowest BCUT2D eigenvalue weighted by molar-refractivity contribution is 0.327. The van der Waals surface area contributed by atoms with Gasteiger partial charge < -0.3 is 4.90 Å². The third-order valence-corrected chi connectivity index (χ3v) is 3.56. The van der Waals surface area contributed by atoms with Crippen LogP contribution in [0.2, 0.25) is 0 Å². The normalized spacial score (nSPS) is 21.1. The van der Waals surface area contributed by atoms with Crippen LogP contribution < -0.4 is 4.90 Å². The molecule has 3 heteroatoms. The van der Waals surface area contributed by atoms with E-state index < -0.39 is 0 Å². The zero-order valence-electron chi connectivity index (χ0n) is 9.73. The highest BCUT2D eigenvalue weighted by Gasteiger charge is 2.17. The van der Waals surface area contributed by atoms with Crippen LogP contribution in [-0.2, 0) is 6.54 Å². The van der Waals surface area contributed by atoms with Gasteiger partial charge in [0.05, 0.1) is 5.69 Å². The Morgan fingerprint density at radius 3 is 2.50 bits per heavy atom. The van der Waals surface area contributed by atoms with Gasteiger partial charge >= 0.3 is 0 Å². The van der Waals surface area contributed by atoms with E-state index in [1.807, 2.05) is 0 Å². The van der Waals surface area contributed by atoms with Crippen molar-refractivity contribution in [2.24, 2.45) is 0 Å². The van der Waals surface area contributed by atoms with Crippen LogP contribution in [0.3, 0.4) is 0 Å². The molecule has 3 nitrogen and oxygen atoms in total. The lowest BCUT2D eigenvalue weighted by atomic mass is 10.2. The van der Waals surface area contributed by atoms with Crippen molar-refractivity contribution in [3.63, 3.8) is 0 Å². The van der Waals surface area contributed by atoms with Gasteiger partial charge in [-0.3, -0.25) is 4.90 Å². The van der Waals surface area contributed by atoms with Crippen molar-refractivity contribution in [2.75, 3.05) is 31.1 Å². The molecule has 0 unspecified atom stereocenters. The first-order chi connectivity index (χ1) is 7.92. The fourth-order valence-corrected chi connectivity index (χ4v) is 2.45. The molecule has 2 fully saturated rings. The number of aromatic nitrogens is 1. The molecule has 3 heterocycles. The SMILES string of the molecule is c1cc(CN2CCCC2)nc(N2CCC2)c1. The third-order valence-electron chi connectivity index (χ3n) is 3.56. The van der Waals surface area contributed by atoms with Crippen molar-refractivity contribution < 1.29 is 0 Å². The number of anilines is 1. The van der Waals surface area contributed by atoms with Crippen molar-refractivity contribution >= 4 is 5.82 Å². The minimum absolute atomic E-state index is 1.03. The Balaban J connectivity index is 1.68. The molecule has 0 aromatic carbocycles. The van der Waals surface area contributed by atoms with Gasteiger partial charge in [0.1, 0.15) is 5.82 Å². The number of pyridine rings is 1. The second kappa shape index (κ2) is 4.42. The van der Waals surface area contributed by atoms with Gasteiger partial charge in [-0.05, 0) is 44.5 Å². The van der Waals surface area contributed by atoms with Crippen LogP contribution in [-0.4, -0.2) is 36.1 Å². The second-order valence-electron chi connectivity index (χ2n) is 4.81. The van der Waals surface area contributed by atoms with Gasteiger partial charge in [-0.25, -0.2) is 4.98 Å². The Bertz CT molecular complexity index is 354.